The highest BCUT2D eigenvalue weighted by Crippen LogP contribution is 2.28. The molecule has 3 aliphatic rings. The van der Waals surface area contributed by atoms with Gasteiger partial charge in [0.15, 0.2) is 5.96 Å². The molecule has 1 amide bonds. The second-order valence-electron chi connectivity index (χ2n) is 9.71. The third-order valence-corrected chi connectivity index (χ3v) is 7.35. The van der Waals surface area contributed by atoms with Crippen molar-refractivity contribution in [2.75, 3.05) is 33.2 Å². The average Bonchev–Trinajstić information content (AvgIpc) is 3.54. The minimum absolute atomic E-state index is 0.277. The molecule has 1 aromatic carbocycles. The first kappa shape index (κ1) is 22.1. The Morgan fingerprint density at radius 1 is 1.13 bits per heavy atom. The lowest BCUT2D eigenvalue weighted by atomic mass is 10.1. The maximum Gasteiger partial charge on any atom is 0.225 e. The molecule has 2 saturated heterocycles. The van der Waals surface area contributed by atoms with E-state index in [2.05, 4.69) is 62.7 Å². The third kappa shape index (κ3) is 5.79. The number of likely N-dealkylation sites (tertiary alicyclic amines) is 2. The number of guanidine groups is 1. The predicted octanol–water partition coefficient (Wildman–Crippen LogP) is 2.85. The zero-order valence-corrected chi connectivity index (χ0v) is 19.2. The SMILES string of the molecule is CN=C(NCC1CC(C)N(Cc2ccccc2)C1)NC1CCN(C(=O)C2CCCC2)C1. The Hall–Kier alpha value is -2.08. The first-order chi connectivity index (χ1) is 15.1. The molecule has 31 heavy (non-hydrogen) atoms. The summed E-state index contributed by atoms with van der Waals surface area (Å²) in [5.41, 5.74) is 1.39. The molecule has 3 unspecified atom stereocenters. The van der Waals surface area contributed by atoms with E-state index in [1.807, 2.05) is 7.05 Å². The lowest BCUT2D eigenvalue weighted by Crippen LogP contribution is -2.46. The molecule has 4 rings (SSSR count). The quantitative estimate of drug-likeness (QED) is 0.544. The molecule has 170 valence electrons. The number of aliphatic imine (C=N–C) groups is 1. The second-order valence-corrected chi connectivity index (χ2v) is 9.71. The van der Waals surface area contributed by atoms with Crippen LogP contribution >= 0.6 is 0 Å². The average molecular weight is 426 g/mol. The molecule has 6 heteroatoms. The molecule has 3 fully saturated rings. The number of benzene rings is 1. The highest BCUT2D eigenvalue weighted by atomic mass is 16.2. The van der Waals surface area contributed by atoms with E-state index in [1.54, 1.807) is 0 Å². The Kier molecular flexibility index (Phi) is 7.49. The van der Waals surface area contributed by atoms with Crippen molar-refractivity contribution < 1.29 is 4.79 Å². The molecule has 0 bridgehead atoms. The van der Waals surface area contributed by atoms with Crippen LogP contribution < -0.4 is 10.6 Å². The summed E-state index contributed by atoms with van der Waals surface area (Å²) in [7, 11) is 1.84. The van der Waals surface area contributed by atoms with Crippen LogP contribution in [0.25, 0.3) is 0 Å². The third-order valence-electron chi connectivity index (χ3n) is 7.35. The maximum absolute atomic E-state index is 12.7. The Balaban J connectivity index is 1.20. The number of carbonyl (C=O) groups excluding carboxylic acids is 1. The first-order valence-electron chi connectivity index (χ1n) is 12.2. The summed E-state index contributed by atoms with van der Waals surface area (Å²) in [6.07, 6.45) is 6.81. The number of nitrogens with one attached hydrogen (secondary N) is 2. The van der Waals surface area contributed by atoms with Gasteiger partial charge in [-0.15, -0.1) is 0 Å². The van der Waals surface area contributed by atoms with Gasteiger partial charge in [0.2, 0.25) is 5.91 Å². The normalized spacial score (nSPS) is 27.7. The van der Waals surface area contributed by atoms with Crippen molar-refractivity contribution in [1.29, 1.82) is 0 Å². The van der Waals surface area contributed by atoms with E-state index in [-0.39, 0.29) is 5.92 Å². The van der Waals surface area contributed by atoms with Crippen molar-refractivity contribution >= 4 is 11.9 Å². The maximum atomic E-state index is 12.7. The van der Waals surface area contributed by atoms with E-state index < -0.39 is 0 Å². The predicted molar refractivity (Wildman–Crippen MR) is 126 cm³/mol. The van der Waals surface area contributed by atoms with E-state index >= 15 is 0 Å². The van der Waals surface area contributed by atoms with Crippen LogP contribution in [0.5, 0.6) is 0 Å². The minimum Gasteiger partial charge on any atom is -0.356 e. The van der Waals surface area contributed by atoms with Crippen molar-refractivity contribution in [2.24, 2.45) is 16.8 Å². The van der Waals surface area contributed by atoms with Crippen LogP contribution in [0.1, 0.15) is 51.0 Å². The molecule has 0 aromatic heterocycles. The highest BCUT2D eigenvalue weighted by Gasteiger charge is 2.33. The van der Waals surface area contributed by atoms with Gasteiger partial charge in [-0.25, -0.2) is 0 Å². The first-order valence-corrected chi connectivity index (χ1v) is 12.2. The van der Waals surface area contributed by atoms with Crippen LogP contribution in [-0.4, -0.2) is 67.0 Å². The Morgan fingerprint density at radius 2 is 1.90 bits per heavy atom. The Labute approximate surface area is 187 Å². The molecule has 2 heterocycles. The van der Waals surface area contributed by atoms with Crippen LogP contribution in [0.3, 0.4) is 0 Å². The topological polar surface area (TPSA) is 60.0 Å². The number of hydrogen-bond acceptors (Lipinski definition) is 3. The van der Waals surface area contributed by atoms with Crippen LogP contribution in [-0.2, 0) is 11.3 Å². The lowest BCUT2D eigenvalue weighted by Gasteiger charge is -2.22. The summed E-state index contributed by atoms with van der Waals surface area (Å²) in [5.74, 6) is 2.15. The molecule has 1 saturated carbocycles. The summed E-state index contributed by atoms with van der Waals surface area (Å²) in [5, 5.41) is 7.11. The summed E-state index contributed by atoms with van der Waals surface area (Å²) in [6.45, 7) is 7.10. The van der Waals surface area contributed by atoms with Gasteiger partial charge < -0.3 is 15.5 Å². The summed E-state index contributed by atoms with van der Waals surface area (Å²) in [4.78, 5) is 21.8. The van der Waals surface area contributed by atoms with Gasteiger partial charge in [0.25, 0.3) is 0 Å². The fourth-order valence-corrected chi connectivity index (χ4v) is 5.54. The lowest BCUT2D eigenvalue weighted by molar-refractivity contribution is -0.134. The van der Waals surface area contributed by atoms with E-state index in [0.717, 1.165) is 57.9 Å². The summed E-state index contributed by atoms with van der Waals surface area (Å²) >= 11 is 0. The van der Waals surface area contributed by atoms with Crippen molar-refractivity contribution in [3.05, 3.63) is 35.9 Å². The van der Waals surface area contributed by atoms with Crippen LogP contribution in [0.15, 0.2) is 35.3 Å². The van der Waals surface area contributed by atoms with Crippen LogP contribution in [0, 0.1) is 11.8 Å². The smallest absolute Gasteiger partial charge is 0.225 e. The van der Waals surface area contributed by atoms with Gasteiger partial charge in [-0.1, -0.05) is 43.2 Å². The minimum atomic E-state index is 0.277. The Bertz CT molecular complexity index is 746. The molecule has 6 nitrogen and oxygen atoms in total. The van der Waals surface area contributed by atoms with Gasteiger partial charge in [-0.05, 0) is 44.1 Å². The number of amides is 1. The molecular weight excluding hydrogens is 386 g/mol. The monoisotopic (exact) mass is 425 g/mol. The molecule has 3 atom stereocenters. The molecular formula is C25H39N5O. The van der Waals surface area contributed by atoms with Gasteiger partial charge in [0, 0.05) is 57.8 Å². The van der Waals surface area contributed by atoms with Crippen LogP contribution in [0.2, 0.25) is 0 Å². The van der Waals surface area contributed by atoms with Crippen molar-refractivity contribution in [3.63, 3.8) is 0 Å². The fraction of sp³-hybridized carbons (Fsp3) is 0.680. The molecule has 0 radical (unpaired) electrons. The van der Waals surface area contributed by atoms with Gasteiger partial charge in [-0.3, -0.25) is 14.7 Å². The Morgan fingerprint density at radius 3 is 2.65 bits per heavy atom. The number of hydrogen-bond donors (Lipinski definition) is 2. The van der Waals surface area contributed by atoms with Crippen molar-refractivity contribution in [1.82, 2.24) is 20.4 Å². The van der Waals surface area contributed by atoms with Crippen molar-refractivity contribution in [3.8, 4) is 0 Å². The van der Waals surface area contributed by atoms with Gasteiger partial charge >= 0.3 is 0 Å². The number of carbonyl (C=O) groups is 1. The van der Waals surface area contributed by atoms with E-state index in [1.165, 1.54) is 24.8 Å². The summed E-state index contributed by atoms with van der Waals surface area (Å²) < 4.78 is 0. The van der Waals surface area contributed by atoms with E-state index in [4.69, 9.17) is 0 Å². The number of rotatable bonds is 6. The molecule has 1 aliphatic carbocycles. The molecule has 2 aliphatic heterocycles. The van der Waals surface area contributed by atoms with E-state index in [0.29, 0.717) is 23.9 Å². The number of nitrogens with zero attached hydrogens (tertiary/aromatic N) is 3. The molecule has 2 N–H and O–H groups in total. The van der Waals surface area contributed by atoms with Gasteiger partial charge in [0.05, 0.1) is 0 Å². The zero-order chi connectivity index (χ0) is 21.6. The van der Waals surface area contributed by atoms with Gasteiger partial charge in [-0.2, -0.15) is 0 Å². The standard InChI is InChI=1S/C25H39N5O/c1-19-14-21(17-30(19)16-20-8-4-3-5-9-20)15-27-25(26-2)28-23-12-13-29(18-23)24(31)22-10-6-7-11-22/h3-5,8-9,19,21-23H,6-7,10-18H2,1-2H3,(H2,26,27,28). The largest absolute Gasteiger partial charge is 0.356 e. The summed E-state index contributed by atoms with van der Waals surface area (Å²) in [6, 6.07) is 11.7. The molecule has 0 spiro atoms. The van der Waals surface area contributed by atoms with E-state index in [9.17, 15) is 4.79 Å². The molecule has 1 aromatic rings. The van der Waals surface area contributed by atoms with Gasteiger partial charge in [0.1, 0.15) is 0 Å². The van der Waals surface area contributed by atoms with Crippen molar-refractivity contribution in [2.45, 2.75) is 64.1 Å². The highest BCUT2D eigenvalue weighted by molar-refractivity contribution is 5.81. The second kappa shape index (κ2) is 10.5. The van der Waals surface area contributed by atoms with Crippen LogP contribution in [0.4, 0.5) is 0 Å². The fourth-order valence-electron chi connectivity index (χ4n) is 5.54. The zero-order valence-electron chi connectivity index (χ0n) is 19.2.